The molecular formula is C17H16BrF3N2O5S3. The first-order chi connectivity index (χ1) is 14.2. The maximum absolute atomic E-state index is 13.0. The number of alkyl halides is 3. The number of halogens is 4. The molecule has 0 bridgehead atoms. The lowest BCUT2D eigenvalue weighted by Crippen LogP contribution is -2.21. The van der Waals surface area contributed by atoms with Crippen LogP contribution in [0.3, 0.4) is 0 Å². The lowest BCUT2D eigenvalue weighted by molar-refractivity contribution is -0.192. The molecule has 0 saturated carbocycles. The lowest BCUT2D eigenvalue weighted by atomic mass is 10.3. The van der Waals surface area contributed by atoms with E-state index in [1.165, 1.54) is 41.3 Å². The number of ether oxygens (including phenoxy) is 1. The van der Waals surface area contributed by atoms with Crippen molar-refractivity contribution in [2.75, 3.05) is 12.9 Å². The number of hydrogen-bond acceptors (Lipinski definition) is 7. The second-order valence-corrected chi connectivity index (χ2v) is 10.4. The molecule has 7 nitrogen and oxygen atoms in total. The summed E-state index contributed by atoms with van der Waals surface area (Å²) in [6.45, 7) is 3.85. The van der Waals surface area contributed by atoms with Crippen molar-refractivity contribution in [3.63, 3.8) is 0 Å². The SMILES string of the molecule is C=CCOc1cc(Br)cc(S(=O)(=O)c2cc(C(=N)N)sc2SC)c1.O=C(O)C(F)(F)F. The fourth-order valence-electron chi connectivity index (χ4n) is 1.88. The topological polar surface area (TPSA) is 131 Å². The van der Waals surface area contributed by atoms with E-state index in [1.54, 1.807) is 18.4 Å². The summed E-state index contributed by atoms with van der Waals surface area (Å²) in [5, 5.41) is 14.6. The van der Waals surface area contributed by atoms with Crippen molar-refractivity contribution >= 4 is 60.7 Å². The van der Waals surface area contributed by atoms with Crippen molar-refractivity contribution in [2.45, 2.75) is 20.2 Å². The van der Waals surface area contributed by atoms with Crippen LogP contribution in [0.25, 0.3) is 0 Å². The van der Waals surface area contributed by atoms with E-state index in [1.807, 2.05) is 0 Å². The van der Waals surface area contributed by atoms with E-state index >= 15 is 0 Å². The van der Waals surface area contributed by atoms with E-state index in [-0.39, 0.29) is 22.2 Å². The molecule has 0 aliphatic rings. The molecule has 1 heterocycles. The van der Waals surface area contributed by atoms with Crippen LogP contribution in [0.1, 0.15) is 4.88 Å². The number of hydrogen-bond donors (Lipinski definition) is 3. The molecule has 0 atom stereocenters. The molecule has 1 aromatic heterocycles. The van der Waals surface area contributed by atoms with Crippen LogP contribution in [0, 0.1) is 5.41 Å². The Labute approximate surface area is 192 Å². The van der Waals surface area contributed by atoms with Crippen molar-refractivity contribution in [2.24, 2.45) is 5.73 Å². The van der Waals surface area contributed by atoms with Gasteiger partial charge in [0.15, 0.2) is 0 Å². The quantitative estimate of drug-likeness (QED) is 0.196. The Bertz CT molecular complexity index is 1090. The number of carboxylic acids is 1. The summed E-state index contributed by atoms with van der Waals surface area (Å²) in [4.78, 5) is 9.58. The maximum Gasteiger partial charge on any atom is 0.490 e. The summed E-state index contributed by atoms with van der Waals surface area (Å²) < 4.78 is 64.4. The van der Waals surface area contributed by atoms with Crippen molar-refractivity contribution in [1.29, 1.82) is 5.41 Å². The van der Waals surface area contributed by atoms with Crippen molar-refractivity contribution in [3.8, 4) is 5.75 Å². The van der Waals surface area contributed by atoms with Gasteiger partial charge in [-0.3, -0.25) is 5.41 Å². The Morgan fingerprint density at radius 1 is 1.39 bits per heavy atom. The van der Waals surface area contributed by atoms with Gasteiger partial charge in [-0.15, -0.1) is 23.1 Å². The number of sulfone groups is 1. The number of nitrogen functional groups attached to an aromatic ring is 1. The summed E-state index contributed by atoms with van der Waals surface area (Å²) in [7, 11) is -3.76. The van der Waals surface area contributed by atoms with Gasteiger partial charge >= 0.3 is 12.1 Å². The van der Waals surface area contributed by atoms with Gasteiger partial charge in [0.05, 0.1) is 18.9 Å². The summed E-state index contributed by atoms with van der Waals surface area (Å²) in [5.41, 5.74) is 5.49. The van der Waals surface area contributed by atoms with Gasteiger partial charge in [-0.2, -0.15) is 13.2 Å². The lowest BCUT2D eigenvalue weighted by Gasteiger charge is -2.09. The van der Waals surface area contributed by atoms with Crippen LogP contribution in [0.4, 0.5) is 13.2 Å². The smallest absolute Gasteiger partial charge is 0.489 e. The third kappa shape index (κ3) is 7.55. The number of thiophene rings is 1. The predicted octanol–water partition coefficient (Wildman–Crippen LogP) is 4.55. The van der Waals surface area contributed by atoms with Crippen LogP contribution in [-0.2, 0) is 14.6 Å². The zero-order valence-electron chi connectivity index (χ0n) is 15.7. The fourth-order valence-corrected chi connectivity index (χ4v) is 6.42. The van der Waals surface area contributed by atoms with Crippen LogP contribution < -0.4 is 10.5 Å². The molecule has 14 heteroatoms. The molecule has 0 aliphatic carbocycles. The molecule has 0 saturated heterocycles. The van der Waals surface area contributed by atoms with Crippen molar-refractivity contribution in [3.05, 3.63) is 46.3 Å². The number of carboxylic acid groups (broad SMARTS) is 1. The van der Waals surface area contributed by atoms with E-state index in [2.05, 4.69) is 22.5 Å². The van der Waals surface area contributed by atoms with E-state index in [4.69, 9.17) is 25.8 Å². The Kier molecular flexibility index (Phi) is 9.60. The van der Waals surface area contributed by atoms with E-state index in [0.29, 0.717) is 19.3 Å². The number of carbonyl (C=O) groups is 1. The Hall–Kier alpha value is -2.03. The normalized spacial score (nSPS) is 11.3. The van der Waals surface area contributed by atoms with Crippen LogP contribution in [0.2, 0.25) is 0 Å². The fraction of sp³-hybridized carbons (Fsp3) is 0.176. The molecule has 4 N–H and O–H groups in total. The average molecular weight is 561 g/mol. The number of amidine groups is 1. The van der Waals surface area contributed by atoms with Crippen molar-refractivity contribution < 1.29 is 36.2 Å². The minimum atomic E-state index is -5.08. The minimum Gasteiger partial charge on any atom is -0.489 e. The largest absolute Gasteiger partial charge is 0.490 e. The maximum atomic E-state index is 13.0. The number of nitrogens with one attached hydrogen (secondary N) is 1. The highest BCUT2D eigenvalue weighted by atomic mass is 79.9. The van der Waals surface area contributed by atoms with Crippen molar-refractivity contribution in [1.82, 2.24) is 0 Å². The number of nitrogens with two attached hydrogens (primary N) is 1. The molecule has 31 heavy (non-hydrogen) atoms. The highest BCUT2D eigenvalue weighted by molar-refractivity contribution is 9.10. The van der Waals surface area contributed by atoms with Gasteiger partial charge in [-0.25, -0.2) is 13.2 Å². The molecule has 0 unspecified atom stereocenters. The first-order valence-electron chi connectivity index (χ1n) is 7.85. The molecule has 0 radical (unpaired) electrons. The Balaban J connectivity index is 0.000000592. The molecule has 2 aromatic rings. The molecule has 2 rings (SSSR count). The average Bonchev–Trinajstić information content (AvgIpc) is 3.11. The summed E-state index contributed by atoms with van der Waals surface area (Å²) in [6, 6.07) is 6.12. The number of benzene rings is 1. The zero-order valence-corrected chi connectivity index (χ0v) is 19.7. The molecule has 0 amide bonds. The van der Waals surface area contributed by atoms with Gasteiger partial charge < -0.3 is 15.6 Å². The standard InChI is InChI=1S/C15H15BrN2O3S3.C2HF3O2/c1-3-4-21-10-5-9(16)6-11(7-10)24(19,20)13-8-12(14(17)18)23-15(13)22-2;3-2(4,5)1(6)7/h3,5-8H,1,4H2,2H3,(H3,17,18);(H,6,7). The second kappa shape index (κ2) is 11.0. The first kappa shape index (κ1) is 27.0. The van der Waals surface area contributed by atoms with Gasteiger partial charge in [-0.05, 0) is 30.5 Å². The molecule has 0 aliphatic heterocycles. The first-order valence-corrected chi connectivity index (χ1v) is 12.2. The summed E-state index contributed by atoms with van der Waals surface area (Å²) >= 11 is 5.80. The van der Waals surface area contributed by atoms with Gasteiger partial charge in [0.25, 0.3) is 0 Å². The van der Waals surface area contributed by atoms with E-state index in [9.17, 15) is 21.6 Å². The molecule has 1 aromatic carbocycles. The summed E-state index contributed by atoms with van der Waals surface area (Å²) in [5.74, 6) is -2.48. The summed E-state index contributed by atoms with van der Waals surface area (Å²) in [6.07, 6.45) is -1.72. The van der Waals surface area contributed by atoms with Gasteiger partial charge in [-0.1, -0.05) is 28.6 Å². The van der Waals surface area contributed by atoms with Gasteiger partial charge in [0.2, 0.25) is 9.84 Å². The van der Waals surface area contributed by atoms with Crippen LogP contribution in [-0.4, -0.2) is 44.4 Å². The number of thioether (sulfide) groups is 1. The van der Waals surface area contributed by atoms with Gasteiger partial charge in [0.1, 0.15) is 18.2 Å². The number of rotatable bonds is 7. The van der Waals surface area contributed by atoms with E-state index in [0.717, 1.165) is 0 Å². The Morgan fingerprint density at radius 3 is 2.42 bits per heavy atom. The van der Waals surface area contributed by atoms with Crippen LogP contribution >= 0.6 is 39.0 Å². The molecule has 170 valence electrons. The molecule has 0 fully saturated rings. The highest BCUT2D eigenvalue weighted by Gasteiger charge is 2.38. The molecule has 0 spiro atoms. The predicted molar refractivity (Wildman–Crippen MR) is 116 cm³/mol. The minimum absolute atomic E-state index is 0.110. The van der Waals surface area contributed by atoms with E-state index < -0.39 is 22.0 Å². The third-order valence-corrected chi connectivity index (χ3v) is 7.95. The number of aliphatic carboxylic acids is 1. The zero-order chi connectivity index (χ0) is 24.0. The Morgan fingerprint density at radius 2 is 1.97 bits per heavy atom. The van der Waals surface area contributed by atoms with Crippen LogP contribution in [0.15, 0.2) is 55.4 Å². The molecular weight excluding hydrogens is 545 g/mol. The highest BCUT2D eigenvalue weighted by Crippen LogP contribution is 2.38. The second-order valence-electron chi connectivity index (χ2n) is 5.41. The van der Waals surface area contributed by atoms with Gasteiger partial charge in [0, 0.05) is 4.47 Å². The van der Waals surface area contributed by atoms with Crippen LogP contribution in [0.5, 0.6) is 5.75 Å². The monoisotopic (exact) mass is 560 g/mol. The third-order valence-electron chi connectivity index (χ3n) is 3.17.